The molecule has 0 radical (unpaired) electrons. The second-order valence-electron chi connectivity index (χ2n) is 5.50. The highest BCUT2D eigenvalue weighted by molar-refractivity contribution is 8.14. The Labute approximate surface area is 141 Å². The number of nitrogens with zero attached hydrogens (tertiary/aromatic N) is 3. The highest BCUT2D eigenvalue weighted by Crippen LogP contribution is 2.32. The third-order valence-corrected chi connectivity index (χ3v) is 5.24. The first-order valence-electron chi connectivity index (χ1n) is 7.13. The van der Waals surface area contributed by atoms with Crippen LogP contribution in [0.3, 0.4) is 0 Å². The Kier molecular flexibility index (Phi) is 6.68. The number of halogens is 1. The van der Waals surface area contributed by atoms with E-state index in [1.165, 1.54) is 6.07 Å². The maximum atomic E-state index is 10.8. The van der Waals surface area contributed by atoms with Crippen LogP contribution in [-0.4, -0.2) is 33.8 Å². The Hall–Kier alpha value is -1.27. The van der Waals surface area contributed by atoms with Crippen LogP contribution in [0.15, 0.2) is 23.2 Å². The zero-order valence-electron chi connectivity index (χ0n) is 13.3. The van der Waals surface area contributed by atoms with Crippen molar-refractivity contribution in [1.82, 2.24) is 4.90 Å². The smallest absolute Gasteiger partial charge is 0.269 e. The summed E-state index contributed by atoms with van der Waals surface area (Å²) in [5.74, 6) is 1.68. The van der Waals surface area contributed by atoms with Gasteiger partial charge in [-0.05, 0) is 24.5 Å². The molecule has 0 aromatic heterocycles. The van der Waals surface area contributed by atoms with Crippen molar-refractivity contribution in [3.05, 3.63) is 33.9 Å². The predicted octanol–water partition coefficient (Wildman–Crippen LogP) is 4.41. The number of benzene rings is 1. The number of hydrogen-bond acceptors (Lipinski definition) is 4. The molecule has 0 saturated carbocycles. The number of nitro benzene ring substituents is 1. The van der Waals surface area contributed by atoms with Gasteiger partial charge in [-0.3, -0.25) is 10.1 Å². The minimum atomic E-state index is -0.376. The second kappa shape index (κ2) is 7.83. The maximum absolute atomic E-state index is 10.8. The largest absolute Gasteiger partial charge is 0.350 e. The summed E-state index contributed by atoms with van der Waals surface area (Å²) in [7, 11) is 2.08. The fraction of sp³-hybridized carbons (Fsp3) is 0.533. The number of aliphatic imine (C=N–C) groups is 1. The molecule has 2 atom stereocenters. The molecule has 1 heterocycles. The highest BCUT2D eigenvalue weighted by Gasteiger charge is 2.30. The minimum absolute atomic E-state index is 0. The van der Waals surface area contributed by atoms with Crippen molar-refractivity contribution in [3.8, 4) is 0 Å². The van der Waals surface area contributed by atoms with E-state index in [4.69, 9.17) is 0 Å². The molecule has 0 amide bonds. The van der Waals surface area contributed by atoms with Crippen molar-refractivity contribution in [2.24, 2.45) is 10.9 Å². The van der Waals surface area contributed by atoms with Gasteiger partial charge in [0.05, 0.1) is 10.6 Å². The molecule has 5 nitrogen and oxygen atoms in total. The third kappa shape index (κ3) is 3.93. The summed E-state index contributed by atoms with van der Waals surface area (Å²) in [4.78, 5) is 17.3. The quantitative estimate of drug-likeness (QED) is 0.600. The fourth-order valence-electron chi connectivity index (χ4n) is 2.43. The molecule has 1 aliphatic heterocycles. The number of amidine groups is 1. The highest BCUT2D eigenvalue weighted by atomic mass is 35.5. The molecule has 1 saturated heterocycles. The number of rotatable bonds is 4. The summed E-state index contributed by atoms with van der Waals surface area (Å²) >= 11 is 1.76. The lowest BCUT2D eigenvalue weighted by Crippen LogP contribution is -2.34. The molecule has 0 N–H and O–H groups in total. The van der Waals surface area contributed by atoms with E-state index in [-0.39, 0.29) is 23.0 Å². The summed E-state index contributed by atoms with van der Waals surface area (Å²) in [6, 6.07) is 5.33. The van der Waals surface area contributed by atoms with E-state index < -0.39 is 0 Å². The van der Waals surface area contributed by atoms with Crippen LogP contribution in [0.4, 0.5) is 11.4 Å². The van der Waals surface area contributed by atoms with Crippen molar-refractivity contribution in [2.75, 3.05) is 12.8 Å². The van der Waals surface area contributed by atoms with E-state index in [0.29, 0.717) is 12.0 Å². The Morgan fingerprint density at radius 1 is 1.55 bits per heavy atom. The van der Waals surface area contributed by atoms with Crippen molar-refractivity contribution in [2.45, 2.75) is 33.2 Å². The van der Waals surface area contributed by atoms with Gasteiger partial charge in [0.15, 0.2) is 5.17 Å². The van der Waals surface area contributed by atoms with Gasteiger partial charge in [0, 0.05) is 31.0 Å². The summed E-state index contributed by atoms with van der Waals surface area (Å²) in [5.41, 5.74) is 1.75. The number of non-ortho nitro benzene ring substituents is 1. The zero-order chi connectivity index (χ0) is 15.6. The van der Waals surface area contributed by atoms with Crippen molar-refractivity contribution >= 4 is 40.7 Å². The molecule has 1 aromatic carbocycles. The standard InChI is InChI=1S/C15H21N3O2S.ClH/c1-5-10(2)14-9-21-15(17(14)4)16-13-7-6-12(18(19)20)8-11(13)3;/h6-8,10,14H,5,9H2,1-4H3;1H/t10-,14-;/m1./s1. The molecule has 1 fully saturated rings. The van der Waals surface area contributed by atoms with Gasteiger partial charge < -0.3 is 4.90 Å². The summed E-state index contributed by atoms with van der Waals surface area (Å²) in [5, 5.41) is 11.8. The molecule has 2 rings (SSSR count). The van der Waals surface area contributed by atoms with Crippen LogP contribution >= 0.6 is 24.2 Å². The van der Waals surface area contributed by atoms with E-state index in [9.17, 15) is 10.1 Å². The van der Waals surface area contributed by atoms with Crippen molar-refractivity contribution in [1.29, 1.82) is 0 Å². The lowest BCUT2D eigenvalue weighted by atomic mass is 10.0. The normalized spacial score (nSPS) is 20.8. The minimum Gasteiger partial charge on any atom is -0.350 e. The van der Waals surface area contributed by atoms with Gasteiger partial charge in [-0.25, -0.2) is 4.99 Å². The molecule has 7 heteroatoms. The Balaban J connectivity index is 0.00000242. The van der Waals surface area contributed by atoms with E-state index in [1.807, 2.05) is 6.92 Å². The van der Waals surface area contributed by atoms with E-state index in [2.05, 4.69) is 30.8 Å². The molecule has 0 unspecified atom stereocenters. The molecule has 0 spiro atoms. The average molecular weight is 344 g/mol. The van der Waals surface area contributed by atoms with Crippen LogP contribution in [0.25, 0.3) is 0 Å². The predicted molar refractivity (Wildman–Crippen MR) is 95.6 cm³/mol. The van der Waals surface area contributed by atoms with Crippen LogP contribution < -0.4 is 0 Å². The second-order valence-corrected chi connectivity index (χ2v) is 6.48. The average Bonchev–Trinajstić information content (AvgIpc) is 2.81. The number of aryl methyl sites for hydroxylation is 1. The third-order valence-electron chi connectivity index (χ3n) is 4.09. The zero-order valence-corrected chi connectivity index (χ0v) is 14.9. The molecule has 0 bridgehead atoms. The lowest BCUT2D eigenvalue weighted by molar-refractivity contribution is -0.384. The van der Waals surface area contributed by atoms with E-state index in [0.717, 1.165) is 28.6 Å². The van der Waals surface area contributed by atoms with Gasteiger partial charge in [0.25, 0.3) is 5.69 Å². The number of thioether (sulfide) groups is 1. The van der Waals surface area contributed by atoms with Crippen molar-refractivity contribution < 1.29 is 4.92 Å². The molecule has 122 valence electrons. The van der Waals surface area contributed by atoms with Crippen LogP contribution in [0.1, 0.15) is 25.8 Å². The Bertz CT molecular complexity index is 580. The summed E-state index contributed by atoms with van der Waals surface area (Å²) in [6.45, 7) is 6.33. The molecule has 1 aliphatic rings. The summed E-state index contributed by atoms with van der Waals surface area (Å²) in [6.07, 6.45) is 1.15. The van der Waals surface area contributed by atoms with Gasteiger partial charge in [-0.1, -0.05) is 32.0 Å². The fourth-order valence-corrected chi connectivity index (χ4v) is 3.80. The topological polar surface area (TPSA) is 58.7 Å². The Morgan fingerprint density at radius 2 is 2.23 bits per heavy atom. The molecular formula is C15H22ClN3O2S. The first-order valence-corrected chi connectivity index (χ1v) is 8.12. The van der Waals surface area contributed by atoms with Gasteiger partial charge >= 0.3 is 0 Å². The van der Waals surface area contributed by atoms with E-state index >= 15 is 0 Å². The van der Waals surface area contributed by atoms with Crippen LogP contribution in [0, 0.1) is 23.0 Å². The Morgan fingerprint density at radius 3 is 2.77 bits per heavy atom. The van der Waals surface area contributed by atoms with Crippen molar-refractivity contribution in [3.63, 3.8) is 0 Å². The van der Waals surface area contributed by atoms with Crippen LogP contribution in [0.5, 0.6) is 0 Å². The van der Waals surface area contributed by atoms with Crippen LogP contribution in [0.2, 0.25) is 0 Å². The van der Waals surface area contributed by atoms with Crippen LogP contribution in [-0.2, 0) is 0 Å². The monoisotopic (exact) mass is 343 g/mol. The SMILES string of the molecule is CC[C@@H](C)[C@H]1CSC(=Nc2ccc([N+](=O)[O-])cc2C)N1C.Cl. The molecule has 22 heavy (non-hydrogen) atoms. The van der Waals surface area contributed by atoms with Gasteiger partial charge in [0.2, 0.25) is 0 Å². The first-order chi connectivity index (χ1) is 9.93. The van der Waals surface area contributed by atoms with Gasteiger partial charge in [-0.15, -0.1) is 12.4 Å². The number of hydrogen-bond donors (Lipinski definition) is 0. The molecule has 0 aliphatic carbocycles. The molecular weight excluding hydrogens is 322 g/mol. The first kappa shape index (κ1) is 18.8. The lowest BCUT2D eigenvalue weighted by Gasteiger charge is -2.25. The molecule has 1 aromatic rings. The van der Waals surface area contributed by atoms with E-state index in [1.54, 1.807) is 23.9 Å². The summed E-state index contributed by atoms with van der Waals surface area (Å²) < 4.78 is 0. The maximum Gasteiger partial charge on any atom is 0.269 e. The van der Waals surface area contributed by atoms with Gasteiger partial charge in [-0.2, -0.15) is 0 Å². The van der Waals surface area contributed by atoms with Gasteiger partial charge in [0.1, 0.15) is 0 Å². The number of nitro groups is 1.